The molecule has 0 bridgehead atoms. The van der Waals surface area contributed by atoms with E-state index < -0.39 is 0 Å². The Kier molecular flexibility index (Phi) is 4.63. The number of benzene rings is 1. The predicted molar refractivity (Wildman–Crippen MR) is 74.1 cm³/mol. The molecule has 4 heteroatoms. The van der Waals surface area contributed by atoms with Crippen LogP contribution in [0.4, 0.5) is 0 Å². The smallest absolute Gasteiger partial charge is 0.254 e. The third-order valence-electron chi connectivity index (χ3n) is 2.51. The van der Waals surface area contributed by atoms with Crippen LogP contribution >= 0.6 is 12.2 Å². The van der Waals surface area contributed by atoms with E-state index in [0.29, 0.717) is 17.1 Å². The average Bonchev–Trinajstić information content (AvgIpc) is 2.25. The minimum atomic E-state index is -0.0344. The van der Waals surface area contributed by atoms with Crippen molar-refractivity contribution in [2.45, 2.75) is 26.8 Å². The van der Waals surface area contributed by atoms with Crippen LogP contribution in [0.5, 0.6) is 0 Å². The number of hydrogen-bond acceptors (Lipinski definition) is 2. The minimum Gasteiger partial charge on any atom is -0.392 e. The van der Waals surface area contributed by atoms with Crippen LogP contribution in [-0.2, 0) is 0 Å². The zero-order valence-corrected chi connectivity index (χ0v) is 11.3. The van der Waals surface area contributed by atoms with Crippen molar-refractivity contribution >= 4 is 23.1 Å². The Balaban J connectivity index is 2.91. The Hall–Kier alpha value is -1.42. The highest BCUT2D eigenvalue weighted by molar-refractivity contribution is 7.80. The summed E-state index contributed by atoms with van der Waals surface area (Å²) in [4.78, 5) is 14.3. The third-order valence-corrected chi connectivity index (χ3v) is 2.64. The van der Waals surface area contributed by atoms with Gasteiger partial charge in [-0.3, -0.25) is 4.79 Å². The SMILES string of the molecule is Cc1ccc(C(=O)N(CC(N)=S)C(C)C)cc1. The van der Waals surface area contributed by atoms with E-state index in [0.717, 1.165) is 5.56 Å². The summed E-state index contributed by atoms with van der Waals surface area (Å²) < 4.78 is 0. The molecule has 0 heterocycles. The van der Waals surface area contributed by atoms with E-state index >= 15 is 0 Å². The molecule has 1 aromatic carbocycles. The van der Waals surface area contributed by atoms with Crippen molar-refractivity contribution in [3.05, 3.63) is 35.4 Å². The number of aryl methyl sites for hydroxylation is 1. The van der Waals surface area contributed by atoms with Gasteiger partial charge in [0.2, 0.25) is 0 Å². The molecule has 0 spiro atoms. The fourth-order valence-electron chi connectivity index (χ4n) is 1.52. The second kappa shape index (κ2) is 5.77. The summed E-state index contributed by atoms with van der Waals surface area (Å²) in [5, 5.41) is 0. The number of hydrogen-bond donors (Lipinski definition) is 1. The molecule has 0 radical (unpaired) electrons. The largest absolute Gasteiger partial charge is 0.392 e. The van der Waals surface area contributed by atoms with Crippen molar-refractivity contribution in [2.75, 3.05) is 6.54 Å². The number of carbonyl (C=O) groups excluding carboxylic acids is 1. The van der Waals surface area contributed by atoms with Crippen molar-refractivity contribution in [1.82, 2.24) is 4.90 Å². The summed E-state index contributed by atoms with van der Waals surface area (Å²) in [7, 11) is 0. The Bertz CT molecular complexity index is 412. The average molecular weight is 250 g/mol. The molecule has 3 nitrogen and oxygen atoms in total. The van der Waals surface area contributed by atoms with Crippen molar-refractivity contribution in [3.8, 4) is 0 Å². The zero-order valence-electron chi connectivity index (χ0n) is 10.4. The summed E-state index contributed by atoms with van der Waals surface area (Å²) >= 11 is 4.86. The fourth-order valence-corrected chi connectivity index (χ4v) is 1.66. The Morgan fingerprint density at radius 1 is 1.35 bits per heavy atom. The number of rotatable bonds is 4. The van der Waals surface area contributed by atoms with Gasteiger partial charge in [0, 0.05) is 11.6 Å². The molecular weight excluding hydrogens is 232 g/mol. The van der Waals surface area contributed by atoms with Crippen LogP contribution in [0.3, 0.4) is 0 Å². The van der Waals surface area contributed by atoms with E-state index in [9.17, 15) is 4.79 Å². The lowest BCUT2D eigenvalue weighted by atomic mass is 10.1. The van der Waals surface area contributed by atoms with Crippen molar-refractivity contribution in [3.63, 3.8) is 0 Å². The molecule has 0 aliphatic carbocycles. The lowest BCUT2D eigenvalue weighted by Crippen LogP contribution is -2.42. The van der Waals surface area contributed by atoms with E-state index in [-0.39, 0.29) is 11.9 Å². The van der Waals surface area contributed by atoms with Crippen LogP contribution in [0.2, 0.25) is 0 Å². The molecule has 0 saturated carbocycles. The van der Waals surface area contributed by atoms with E-state index in [1.54, 1.807) is 4.90 Å². The minimum absolute atomic E-state index is 0.0344. The van der Waals surface area contributed by atoms with Crippen molar-refractivity contribution in [2.24, 2.45) is 5.73 Å². The van der Waals surface area contributed by atoms with Crippen molar-refractivity contribution < 1.29 is 4.79 Å². The number of nitrogens with two attached hydrogens (primary N) is 1. The summed E-state index contributed by atoms with van der Waals surface area (Å²) in [6, 6.07) is 7.57. The van der Waals surface area contributed by atoms with Crippen LogP contribution in [0.25, 0.3) is 0 Å². The molecule has 0 aromatic heterocycles. The van der Waals surface area contributed by atoms with E-state index in [1.807, 2.05) is 45.0 Å². The first-order valence-corrected chi connectivity index (χ1v) is 5.98. The van der Waals surface area contributed by atoms with Crippen LogP contribution in [0, 0.1) is 6.92 Å². The Morgan fingerprint density at radius 3 is 2.29 bits per heavy atom. The van der Waals surface area contributed by atoms with E-state index in [1.165, 1.54) is 0 Å². The molecular formula is C13H18N2OS. The maximum Gasteiger partial charge on any atom is 0.254 e. The summed E-state index contributed by atoms with van der Waals surface area (Å²) in [6.45, 7) is 6.21. The fraction of sp³-hybridized carbons (Fsp3) is 0.385. The quantitative estimate of drug-likeness (QED) is 0.833. The van der Waals surface area contributed by atoms with Gasteiger partial charge in [0.15, 0.2) is 0 Å². The lowest BCUT2D eigenvalue weighted by molar-refractivity contribution is 0.0736. The predicted octanol–water partition coefficient (Wildman–Crippen LogP) is 2.13. The van der Waals surface area contributed by atoms with Crippen LogP contribution in [0.1, 0.15) is 29.8 Å². The Morgan fingerprint density at radius 2 is 1.88 bits per heavy atom. The van der Waals surface area contributed by atoms with Gasteiger partial charge in [-0.25, -0.2) is 0 Å². The van der Waals surface area contributed by atoms with Gasteiger partial charge < -0.3 is 10.6 Å². The first kappa shape index (κ1) is 13.6. The number of thiocarbonyl (C=S) groups is 1. The highest BCUT2D eigenvalue weighted by atomic mass is 32.1. The van der Waals surface area contributed by atoms with Crippen LogP contribution < -0.4 is 5.73 Å². The summed E-state index contributed by atoms with van der Waals surface area (Å²) in [5.74, 6) is -0.0344. The lowest BCUT2D eigenvalue weighted by Gasteiger charge is -2.26. The highest BCUT2D eigenvalue weighted by Gasteiger charge is 2.18. The number of carbonyl (C=O) groups is 1. The summed E-state index contributed by atoms with van der Waals surface area (Å²) in [5.41, 5.74) is 7.31. The van der Waals surface area contributed by atoms with Crippen molar-refractivity contribution in [1.29, 1.82) is 0 Å². The molecule has 17 heavy (non-hydrogen) atoms. The van der Waals surface area contributed by atoms with Gasteiger partial charge in [-0.1, -0.05) is 29.9 Å². The van der Waals surface area contributed by atoms with Gasteiger partial charge in [0.25, 0.3) is 5.91 Å². The second-order valence-electron chi connectivity index (χ2n) is 4.36. The molecule has 1 rings (SSSR count). The highest BCUT2D eigenvalue weighted by Crippen LogP contribution is 2.09. The van der Waals surface area contributed by atoms with Gasteiger partial charge in [-0.15, -0.1) is 0 Å². The van der Waals surface area contributed by atoms with Gasteiger partial charge in [-0.05, 0) is 32.9 Å². The molecule has 92 valence electrons. The molecule has 1 amide bonds. The first-order chi connectivity index (χ1) is 7.91. The molecule has 1 aromatic rings. The second-order valence-corrected chi connectivity index (χ2v) is 4.88. The van der Waals surface area contributed by atoms with Gasteiger partial charge in [0.05, 0.1) is 11.5 Å². The van der Waals surface area contributed by atoms with Gasteiger partial charge in [-0.2, -0.15) is 0 Å². The molecule has 0 unspecified atom stereocenters. The zero-order chi connectivity index (χ0) is 13.0. The van der Waals surface area contributed by atoms with Crippen LogP contribution in [-0.4, -0.2) is 28.4 Å². The molecule has 0 atom stereocenters. The Labute approximate surface area is 108 Å². The number of amides is 1. The molecule has 2 N–H and O–H groups in total. The topological polar surface area (TPSA) is 46.3 Å². The molecule has 0 fully saturated rings. The standard InChI is InChI=1S/C13H18N2OS/c1-9(2)15(8-12(14)17)13(16)11-6-4-10(3)5-7-11/h4-7,9H,8H2,1-3H3,(H2,14,17). The monoisotopic (exact) mass is 250 g/mol. The van der Waals surface area contributed by atoms with Crippen LogP contribution in [0.15, 0.2) is 24.3 Å². The van der Waals surface area contributed by atoms with E-state index in [2.05, 4.69) is 0 Å². The maximum atomic E-state index is 12.2. The maximum absolute atomic E-state index is 12.2. The summed E-state index contributed by atoms with van der Waals surface area (Å²) in [6.07, 6.45) is 0. The molecule has 0 saturated heterocycles. The van der Waals surface area contributed by atoms with Gasteiger partial charge >= 0.3 is 0 Å². The number of nitrogens with zero attached hydrogens (tertiary/aromatic N) is 1. The first-order valence-electron chi connectivity index (χ1n) is 5.57. The molecule has 0 aliphatic heterocycles. The molecule has 0 aliphatic rings. The van der Waals surface area contributed by atoms with Gasteiger partial charge in [0.1, 0.15) is 0 Å². The third kappa shape index (κ3) is 3.82. The normalized spacial score (nSPS) is 10.4. The van der Waals surface area contributed by atoms with E-state index in [4.69, 9.17) is 18.0 Å².